The van der Waals surface area contributed by atoms with Gasteiger partial charge < -0.3 is 10.6 Å². The van der Waals surface area contributed by atoms with Crippen molar-refractivity contribution in [1.82, 2.24) is 4.98 Å². The van der Waals surface area contributed by atoms with Gasteiger partial charge in [-0.15, -0.1) is 11.8 Å². The Bertz CT molecular complexity index is 956. The Kier molecular flexibility index (Phi) is 7.03. The van der Waals surface area contributed by atoms with Crippen LogP contribution in [0.1, 0.15) is 29.8 Å². The van der Waals surface area contributed by atoms with Gasteiger partial charge in [0.25, 0.3) is 5.91 Å². The van der Waals surface area contributed by atoms with Crippen molar-refractivity contribution in [2.24, 2.45) is 5.92 Å². The number of anilines is 2. The van der Waals surface area contributed by atoms with Gasteiger partial charge >= 0.3 is 0 Å². The van der Waals surface area contributed by atoms with E-state index in [1.807, 2.05) is 56.4 Å². The summed E-state index contributed by atoms with van der Waals surface area (Å²) in [6.45, 7) is 3.67. The number of nitrogens with zero attached hydrogens (tertiary/aromatic N) is 1. The number of pyridine rings is 1. The zero-order valence-corrected chi connectivity index (χ0v) is 17.2. The van der Waals surface area contributed by atoms with Crippen LogP contribution in [-0.4, -0.2) is 16.8 Å². The predicted octanol–water partition coefficient (Wildman–Crippen LogP) is 5.22. The molecule has 0 radical (unpaired) electrons. The molecule has 2 amide bonds. The number of hydrogen-bond donors (Lipinski definition) is 2. The van der Waals surface area contributed by atoms with Gasteiger partial charge in [0.1, 0.15) is 0 Å². The van der Waals surface area contributed by atoms with Gasteiger partial charge in [-0.2, -0.15) is 0 Å². The Labute approximate surface area is 175 Å². The number of nitrogens with one attached hydrogen (secondary N) is 2. The number of rotatable bonds is 7. The van der Waals surface area contributed by atoms with Crippen molar-refractivity contribution in [3.05, 3.63) is 84.2 Å². The fourth-order valence-electron chi connectivity index (χ4n) is 2.48. The van der Waals surface area contributed by atoms with Crippen LogP contribution in [0.15, 0.2) is 78.0 Å². The highest BCUT2D eigenvalue weighted by atomic mass is 32.2. The minimum Gasteiger partial charge on any atom is -0.326 e. The molecule has 29 heavy (non-hydrogen) atoms. The molecule has 6 heteroatoms. The third-order valence-electron chi connectivity index (χ3n) is 4.18. The van der Waals surface area contributed by atoms with E-state index in [0.29, 0.717) is 11.3 Å². The van der Waals surface area contributed by atoms with E-state index in [1.165, 1.54) is 5.56 Å². The Balaban J connectivity index is 1.54. The molecule has 1 aromatic heterocycles. The van der Waals surface area contributed by atoms with E-state index in [9.17, 15) is 9.59 Å². The fraction of sp³-hybridized carbons (Fsp3) is 0.174. The van der Waals surface area contributed by atoms with Crippen LogP contribution in [0.5, 0.6) is 0 Å². The van der Waals surface area contributed by atoms with E-state index in [1.54, 1.807) is 42.2 Å². The Hall–Kier alpha value is -3.12. The Morgan fingerprint density at radius 2 is 1.59 bits per heavy atom. The second-order valence-electron chi connectivity index (χ2n) is 6.85. The first-order valence-electron chi connectivity index (χ1n) is 9.35. The van der Waals surface area contributed by atoms with Crippen LogP contribution < -0.4 is 10.6 Å². The van der Waals surface area contributed by atoms with E-state index in [2.05, 4.69) is 15.6 Å². The molecule has 0 spiro atoms. The minimum absolute atomic E-state index is 0.0521. The van der Waals surface area contributed by atoms with E-state index in [4.69, 9.17) is 0 Å². The van der Waals surface area contributed by atoms with Gasteiger partial charge in [0, 0.05) is 45.9 Å². The standard InChI is InChI=1S/C23H23N3O2S/c1-16(2)22(27)25-19-7-5-18(6-8-19)23(28)26-20-9-11-21(12-10-20)29-15-17-4-3-13-24-14-17/h3-14,16H,15H2,1-2H3,(H,25,27)(H,26,28). The van der Waals surface area contributed by atoms with Crippen LogP contribution in [0.4, 0.5) is 11.4 Å². The molecule has 1 heterocycles. The van der Waals surface area contributed by atoms with E-state index < -0.39 is 0 Å². The first-order valence-corrected chi connectivity index (χ1v) is 10.3. The van der Waals surface area contributed by atoms with E-state index in [0.717, 1.165) is 16.3 Å². The van der Waals surface area contributed by atoms with Gasteiger partial charge in [0.05, 0.1) is 0 Å². The summed E-state index contributed by atoms with van der Waals surface area (Å²) < 4.78 is 0. The molecule has 0 fully saturated rings. The maximum Gasteiger partial charge on any atom is 0.255 e. The maximum atomic E-state index is 12.4. The fourth-order valence-corrected chi connectivity index (χ4v) is 3.31. The van der Waals surface area contributed by atoms with Crippen LogP contribution >= 0.6 is 11.8 Å². The van der Waals surface area contributed by atoms with Crippen molar-refractivity contribution in [2.75, 3.05) is 10.6 Å². The Morgan fingerprint density at radius 1 is 0.931 bits per heavy atom. The molecule has 0 bridgehead atoms. The summed E-state index contributed by atoms with van der Waals surface area (Å²) in [5, 5.41) is 5.70. The number of thioether (sulfide) groups is 1. The third kappa shape index (κ3) is 6.19. The molecule has 5 nitrogen and oxygen atoms in total. The molecule has 148 valence electrons. The summed E-state index contributed by atoms with van der Waals surface area (Å²) >= 11 is 1.72. The molecule has 0 atom stereocenters. The van der Waals surface area contributed by atoms with Crippen LogP contribution in [-0.2, 0) is 10.5 Å². The van der Waals surface area contributed by atoms with E-state index >= 15 is 0 Å². The minimum atomic E-state index is -0.192. The molecule has 2 N–H and O–H groups in total. The van der Waals surface area contributed by atoms with Gasteiger partial charge in [-0.05, 0) is 60.2 Å². The molecule has 0 aliphatic rings. The lowest BCUT2D eigenvalue weighted by Gasteiger charge is -2.09. The Morgan fingerprint density at radius 3 is 2.21 bits per heavy atom. The molecule has 0 saturated heterocycles. The van der Waals surface area contributed by atoms with Gasteiger partial charge in [-0.1, -0.05) is 19.9 Å². The average molecular weight is 406 g/mol. The van der Waals surface area contributed by atoms with Crippen molar-refractivity contribution >= 4 is 35.0 Å². The topological polar surface area (TPSA) is 71.1 Å². The molecule has 3 aromatic rings. The van der Waals surface area contributed by atoms with Gasteiger partial charge in [0.15, 0.2) is 0 Å². The van der Waals surface area contributed by atoms with Crippen molar-refractivity contribution in [2.45, 2.75) is 24.5 Å². The second-order valence-corrected chi connectivity index (χ2v) is 7.90. The smallest absolute Gasteiger partial charge is 0.255 e. The quantitative estimate of drug-likeness (QED) is 0.529. The van der Waals surface area contributed by atoms with E-state index in [-0.39, 0.29) is 17.7 Å². The summed E-state index contributed by atoms with van der Waals surface area (Å²) in [5.41, 5.74) is 3.11. The zero-order chi connectivity index (χ0) is 20.6. The highest BCUT2D eigenvalue weighted by Gasteiger charge is 2.09. The molecule has 0 saturated carbocycles. The SMILES string of the molecule is CC(C)C(=O)Nc1ccc(C(=O)Nc2ccc(SCc3cccnc3)cc2)cc1. The number of hydrogen-bond acceptors (Lipinski definition) is 4. The largest absolute Gasteiger partial charge is 0.326 e. The van der Waals surface area contributed by atoms with Gasteiger partial charge in [-0.3, -0.25) is 14.6 Å². The molecule has 0 aliphatic heterocycles. The van der Waals surface area contributed by atoms with Crippen LogP contribution in [0.3, 0.4) is 0 Å². The second kappa shape index (κ2) is 9.89. The zero-order valence-electron chi connectivity index (χ0n) is 16.4. The summed E-state index contributed by atoms with van der Waals surface area (Å²) in [6, 6.07) is 18.6. The van der Waals surface area contributed by atoms with Crippen molar-refractivity contribution in [1.29, 1.82) is 0 Å². The van der Waals surface area contributed by atoms with Crippen molar-refractivity contribution < 1.29 is 9.59 Å². The third-order valence-corrected chi connectivity index (χ3v) is 5.26. The molecule has 3 rings (SSSR count). The predicted molar refractivity (Wildman–Crippen MR) is 118 cm³/mol. The number of amides is 2. The molecule has 2 aromatic carbocycles. The molecule has 0 aliphatic carbocycles. The molecular formula is C23H23N3O2S. The number of aromatic nitrogens is 1. The van der Waals surface area contributed by atoms with Crippen LogP contribution in [0.25, 0.3) is 0 Å². The number of benzene rings is 2. The van der Waals surface area contributed by atoms with Crippen LogP contribution in [0, 0.1) is 5.92 Å². The number of carbonyl (C=O) groups excluding carboxylic acids is 2. The maximum absolute atomic E-state index is 12.4. The first kappa shape index (κ1) is 20.6. The normalized spacial score (nSPS) is 10.6. The average Bonchev–Trinajstić information content (AvgIpc) is 2.74. The van der Waals surface area contributed by atoms with Crippen molar-refractivity contribution in [3.63, 3.8) is 0 Å². The summed E-state index contributed by atoms with van der Waals surface area (Å²) in [5.74, 6) is 0.508. The lowest BCUT2D eigenvalue weighted by molar-refractivity contribution is -0.118. The summed E-state index contributed by atoms with van der Waals surface area (Å²) in [7, 11) is 0. The number of carbonyl (C=O) groups is 2. The van der Waals surface area contributed by atoms with Crippen molar-refractivity contribution in [3.8, 4) is 0 Å². The lowest BCUT2D eigenvalue weighted by Crippen LogP contribution is -2.18. The molecular weight excluding hydrogens is 382 g/mol. The first-order chi connectivity index (χ1) is 14.0. The van der Waals surface area contributed by atoms with Gasteiger partial charge in [0.2, 0.25) is 5.91 Å². The lowest BCUT2D eigenvalue weighted by atomic mass is 10.1. The van der Waals surface area contributed by atoms with Gasteiger partial charge in [-0.25, -0.2) is 0 Å². The summed E-state index contributed by atoms with van der Waals surface area (Å²) in [4.78, 5) is 29.4. The highest BCUT2D eigenvalue weighted by molar-refractivity contribution is 7.98. The van der Waals surface area contributed by atoms with Crippen LogP contribution in [0.2, 0.25) is 0 Å². The monoisotopic (exact) mass is 405 g/mol. The molecule has 0 unspecified atom stereocenters. The highest BCUT2D eigenvalue weighted by Crippen LogP contribution is 2.24. The summed E-state index contributed by atoms with van der Waals surface area (Å²) in [6.07, 6.45) is 3.63.